The van der Waals surface area contributed by atoms with Gasteiger partial charge in [-0.2, -0.15) is 0 Å². The van der Waals surface area contributed by atoms with E-state index in [9.17, 15) is 0 Å². The molecule has 3 saturated carbocycles. The second-order valence-electron chi connectivity index (χ2n) is 9.60. The predicted molar refractivity (Wildman–Crippen MR) is 106 cm³/mol. The number of hydrogen-bond acceptors (Lipinski definition) is 0. The molecule has 0 aromatic carbocycles. The molecule has 3 aliphatic carbocycles. The molecule has 0 bridgehead atoms. The van der Waals surface area contributed by atoms with Crippen LogP contribution in [0.15, 0.2) is 12.7 Å². The maximum absolute atomic E-state index is 4.00. The van der Waals surface area contributed by atoms with Crippen LogP contribution in [0.2, 0.25) is 0 Å². The highest BCUT2D eigenvalue weighted by Crippen LogP contribution is 2.43. The van der Waals surface area contributed by atoms with E-state index in [1.807, 2.05) is 0 Å². The third-order valence-electron chi connectivity index (χ3n) is 8.04. The Morgan fingerprint density at radius 3 is 1.75 bits per heavy atom. The summed E-state index contributed by atoms with van der Waals surface area (Å²) >= 11 is 0. The molecule has 0 spiro atoms. The van der Waals surface area contributed by atoms with E-state index in [1.54, 1.807) is 57.8 Å². The van der Waals surface area contributed by atoms with Crippen LogP contribution in [-0.4, -0.2) is 0 Å². The molecule has 0 aromatic rings. The van der Waals surface area contributed by atoms with Crippen LogP contribution < -0.4 is 0 Å². The highest BCUT2D eigenvalue weighted by Gasteiger charge is 2.31. The Labute approximate surface area is 151 Å². The fourth-order valence-corrected chi connectivity index (χ4v) is 6.38. The molecule has 2 unspecified atom stereocenters. The monoisotopic (exact) mass is 330 g/mol. The average Bonchev–Trinajstić information content (AvgIpc) is 3.08. The fraction of sp³-hybridized carbons (Fsp3) is 0.917. The van der Waals surface area contributed by atoms with E-state index in [2.05, 4.69) is 19.6 Å². The van der Waals surface area contributed by atoms with Crippen LogP contribution in [0.3, 0.4) is 0 Å². The molecule has 3 rings (SSSR count). The highest BCUT2D eigenvalue weighted by molar-refractivity contribution is 4.87. The van der Waals surface area contributed by atoms with Gasteiger partial charge in [0.1, 0.15) is 0 Å². The molecule has 0 heteroatoms. The highest BCUT2D eigenvalue weighted by atomic mass is 14.4. The van der Waals surface area contributed by atoms with E-state index in [0.717, 1.165) is 35.5 Å². The minimum Gasteiger partial charge on any atom is -0.103 e. The van der Waals surface area contributed by atoms with E-state index in [4.69, 9.17) is 0 Å². The molecule has 0 aliphatic heterocycles. The Morgan fingerprint density at radius 2 is 1.17 bits per heavy atom. The Balaban J connectivity index is 1.30. The second kappa shape index (κ2) is 9.44. The van der Waals surface area contributed by atoms with Gasteiger partial charge in [0.05, 0.1) is 0 Å². The normalized spacial score (nSPS) is 40.5. The van der Waals surface area contributed by atoms with Gasteiger partial charge in [0.15, 0.2) is 0 Å². The van der Waals surface area contributed by atoms with Crippen molar-refractivity contribution < 1.29 is 0 Å². The van der Waals surface area contributed by atoms with Crippen LogP contribution in [0.5, 0.6) is 0 Å². The minimum absolute atomic E-state index is 0.834. The third-order valence-corrected chi connectivity index (χ3v) is 8.04. The van der Waals surface area contributed by atoms with Gasteiger partial charge in [0.2, 0.25) is 0 Å². The SMILES string of the molecule is C=CC1CCC(C2CCC(CCC3CCC(CCC)C3)CC2)CC1. The van der Waals surface area contributed by atoms with Gasteiger partial charge < -0.3 is 0 Å². The van der Waals surface area contributed by atoms with Crippen molar-refractivity contribution in [1.82, 2.24) is 0 Å². The first-order chi connectivity index (χ1) is 11.8. The smallest absolute Gasteiger partial charge is 0.0236 e. The molecule has 3 aliphatic rings. The van der Waals surface area contributed by atoms with Crippen molar-refractivity contribution in [1.29, 1.82) is 0 Å². The van der Waals surface area contributed by atoms with Gasteiger partial charge in [-0.1, -0.05) is 64.4 Å². The minimum atomic E-state index is 0.834. The molecule has 0 N–H and O–H groups in total. The Hall–Kier alpha value is -0.260. The molecule has 0 amide bonds. The van der Waals surface area contributed by atoms with Crippen LogP contribution in [0.1, 0.15) is 103 Å². The first-order valence-corrected chi connectivity index (χ1v) is 11.4. The molecular formula is C24H42. The van der Waals surface area contributed by atoms with Crippen molar-refractivity contribution in [2.24, 2.45) is 35.5 Å². The molecule has 138 valence electrons. The van der Waals surface area contributed by atoms with Gasteiger partial charge in [-0.05, 0) is 80.5 Å². The van der Waals surface area contributed by atoms with Gasteiger partial charge in [0.25, 0.3) is 0 Å². The third kappa shape index (κ3) is 5.12. The van der Waals surface area contributed by atoms with E-state index >= 15 is 0 Å². The number of allylic oxidation sites excluding steroid dienone is 1. The van der Waals surface area contributed by atoms with Crippen molar-refractivity contribution in [2.75, 3.05) is 0 Å². The summed E-state index contributed by atoms with van der Waals surface area (Å²) < 4.78 is 0. The predicted octanol–water partition coefficient (Wildman–Crippen LogP) is 7.78. The van der Waals surface area contributed by atoms with Gasteiger partial charge in [0, 0.05) is 0 Å². The Morgan fingerprint density at radius 1 is 0.667 bits per heavy atom. The molecule has 0 aromatic heterocycles. The van der Waals surface area contributed by atoms with Gasteiger partial charge >= 0.3 is 0 Å². The van der Waals surface area contributed by atoms with Crippen molar-refractivity contribution in [3.05, 3.63) is 12.7 Å². The summed E-state index contributed by atoms with van der Waals surface area (Å²) in [4.78, 5) is 0. The lowest BCUT2D eigenvalue weighted by atomic mass is 9.68. The maximum atomic E-state index is 4.00. The summed E-state index contributed by atoms with van der Waals surface area (Å²) in [5.74, 6) is 6.23. The summed E-state index contributed by atoms with van der Waals surface area (Å²) in [6, 6.07) is 0. The van der Waals surface area contributed by atoms with Gasteiger partial charge in [-0.3, -0.25) is 0 Å². The fourth-order valence-electron chi connectivity index (χ4n) is 6.38. The van der Waals surface area contributed by atoms with Crippen LogP contribution in [-0.2, 0) is 0 Å². The molecule has 0 radical (unpaired) electrons. The van der Waals surface area contributed by atoms with Gasteiger partial charge in [-0.15, -0.1) is 6.58 Å². The molecule has 0 heterocycles. The summed E-state index contributed by atoms with van der Waals surface area (Å²) in [7, 11) is 0. The zero-order valence-corrected chi connectivity index (χ0v) is 16.4. The molecule has 0 nitrogen and oxygen atoms in total. The van der Waals surface area contributed by atoms with E-state index in [1.165, 1.54) is 38.5 Å². The Bertz CT molecular complexity index is 354. The summed E-state index contributed by atoms with van der Waals surface area (Å²) in [6.07, 6.45) is 24.9. The van der Waals surface area contributed by atoms with Crippen molar-refractivity contribution in [3.63, 3.8) is 0 Å². The average molecular weight is 331 g/mol. The van der Waals surface area contributed by atoms with E-state index in [-0.39, 0.29) is 0 Å². The standard InChI is InChI=1S/C24H42/c1-3-5-21-8-9-22(18-21)7-6-20-12-16-24(17-13-20)23-14-10-19(4-2)11-15-23/h4,19-24H,2-3,5-18H2,1H3. The summed E-state index contributed by atoms with van der Waals surface area (Å²) in [6.45, 7) is 6.36. The number of rotatable bonds is 7. The van der Waals surface area contributed by atoms with Crippen LogP contribution in [0.25, 0.3) is 0 Å². The molecular weight excluding hydrogens is 288 g/mol. The zero-order chi connectivity index (χ0) is 16.8. The Kier molecular flexibility index (Phi) is 7.29. The van der Waals surface area contributed by atoms with Crippen molar-refractivity contribution in [3.8, 4) is 0 Å². The lowest BCUT2D eigenvalue weighted by molar-refractivity contribution is 0.149. The van der Waals surface area contributed by atoms with Crippen molar-refractivity contribution >= 4 is 0 Å². The van der Waals surface area contributed by atoms with Crippen molar-refractivity contribution in [2.45, 2.75) is 103 Å². The van der Waals surface area contributed by atoms with E-state index in [0.29, 0.717) is 0 Å². The summed E-state index contributed by atoms with van der Waals surface area (Å²) in [5.41, 5.74) is 0. The summed E-state index contributed by atoms with van der Waals surface area (Å²) in [5, 5.41) is 0. The van der Waals surface area contributed by atoms with Gasteiger partial charge in [-0.25, -0.2) is 0 Å². The van der Waals surface area contributed by atoms with Crippen LogP contribution in [0.4, 0.5) is 0 Å². The lowest BCUT2D eigenvalue weighted by Gasteiger charge is -2.37. The number of hydrogen-bond donors (Lipinski definition) is 0. The van der Waals surface area contributed by atoms with Crippen LogP contribution in [0, 0.1) is 35.5 Å². The zero-order valence-electron chi connectivity index (χ0n) is 16.4. The van der Waals surface area contributed by atoms with Crippen LogP contribution >= 0.6 is 0 Å². The van der Waals surface area contributed by atoms with E-state index < -0.39 is 0 Å². The largest absolute Gasteiger partial charge is 0.103 e. The molecule has 2 atom stereocenters. The second-order valence-corrected chi connectivity index (χ2v) is 9.60. The lowest BCUT2D eigenvalue weighted by Crippen LogP contribution is -2.25. The molecule has 0 saturated heterocycles. The first-order valence-electron chi connectivity index (χ1n) is 11.4. The molecule has 3 fully saturated rings. The quantitative estimate of drug-likeness (QED) is 0.418. The molecule has 24 heavy (non-hydrogen) atoms. The maximum Gasteiger partial charge on any atom is -0.0236 e. The topological polar surface area (TPSA) is 0 Å². The first kappa shape index (κ1) is 18.5.